The molecule has 4 rings (SSSR count). The zero-order valence-electron chi connectivity index (χ0n) is 13.5. The van der Waals surface area contributed by atoms with Gasteiger partial charge in [0, 0.05) is 22.8 Å². The van der Waals surface area contributed by atoms with E-state index in [1.54, 1.807) is 11.3 Å². The van der Waals surface area contributed by atoms with Gasteiger partial charge in [-0.15, -0.1) is 11.3 Å². The summed E-state index contributed by atoms with van der Waals surface area (Å²) < 4.78 is 1.20. The van der Waals surface area contributed by atoms with Crippen molar-refractivity contribution in [1.82, 2.24) is 16.0 Å². The second kappa shape index (κ2) is 6.64. The summed E-state index contributed by atoms with van der Waals surface area (Å²) in [4.78, 5) is 12.6. The van der Waals surface area contributed by atoms with Crippen LogP contribution in [0.5, 0.6) is 0 Å². The highest BCUT2D eigenvalue weighted by Gasteiger charge is 2.41. The second-order valence-corrected chi connectivity index (χ2v) is 8.35. The summed E-state index contributed by atoms with van der Waals surface area (Å²) in [5.74, 6) is 0.117. The van der Waals surface area contributed by atoms with Crippen LogP contribution in [0.2, 0.25) is 5.02 Å². The third kappa shape index (κ3) is 3.18. The summed E-state index contributed by atoms with van der Waals surface area (Å²) in [6.45, 7) is 3.66. The van der Waals surface area contributed by atoms with Crippen molar-refractivity contribution >= 4 is 38.9 Å². The lowest BCUT2D eigenvalue weighted by atomic mass is 9.77. The van der Waals surface area contributed by atoms with Crippen LogP contribution < -0.4 is 16.0 Å². The lowest BCUT2D eigenvalue weighted by molar-refractivity contribution is -0.123. The van der Waals surface area contributed by atoms with Gasteiger partial charge < -0.3 is 16.0 Å². The van der Waals surface area contributed by atoms with Crippen LogP contribution in [-0.4, -0.2) is 31.6 Å². The molecule has 2 aliphatic rings. The molecule has 128 valence electrons. The van der Waals surface area contributed by atoms with Crippen LogP contribution in [0.3, 0.4) is 0 Å². The van der Waals surface area contributed by atoms with Gasteiger partial charge in [-0.3, -0.25) is 4.79 Å². The molecule has 2 fully saturated rings. The van der Waals surface area contributed by atoms with Crippen LogP contribution in [0.4, 0.5) is 0 Å². The lowest BCUT2D eigenvalue weighted by Crippen LogP contribution is -2.40. The van der Waals surface area contributed by atoms with Crippen molar-refractivity contribution in [3.8, 4) is 0 Å². The molecule has 6 heteroatoms. The number of benzene rings is 1. The number of nitrogens with one attached hydrogen (secondary N) is 3. The van der Waals surface area contributed by atoms with E-state index in [0.29, 0.717) is 12.0 Å². The first-order chi connectivity index (χ1) is 11.7. The third-order valence-electron chi connectivity index (χ3n) is 5.41. The van der Waals surface area contributed by atoms with Gasteiger partial charge in [0.2, 0.25) is 5.91 Å². The monoisotopic (exact) mass is 363 g/mol. The maximum atomic E-state index is 12.6. The normalized spacial score (nSPS) is 23.0. The van der Waals surface area contributed by atoms with E-state index in [9.17, 15) is 4.79 Å². The Kier molecular flexibility index (Phi) is 4.52. The molecular formula is C18H22ClN3OS. The van der Waals surface area contributed by atoms with E-state index in [1.165, 1.54) is 4.70 Å². The summed E-state index contributed by atoms with van der Waals surface area (Å²) >= 11 is 7.79. The maximum Gasteiger partial charge on any atom is 0.237 e. The molecule has 3 N–H and O–H groups in total. The lowest BCUT2D eigenvalue weighted by Gasteiger charge is -2.33. The molecule has 0 aliphatic carbocycles. The summed E-state index contributed by atoms with van der Waals surface area (Å²) in [5.41, 5.74) is 1.45. The highest BCUT2D eigenvalue weighted by atomic mass is 35.5. The molecule has 1 atom stereocenters. The number of thiophene rings is 1. The van der Waals surface area contributed by atoms with E-state index < -0.39 is 0 Å². The van der Waals surface area contributed by atoms with E-state index >= 15 is 0 Å². The van der Waals surface area contributed by atoms with E-state index in [4.69, 9.17) is 11.6 Å². The van der Waals surface area contributed by atoms with Crippen LogP contribution in [0.25, 0.3) is 10.1 Å². The summed E-state index contributed by atoms with van der Waals surface area (Å²) in [7, 11) is 0. The number of hydrogen-bond acceptors (Lipinski definition) is 4. The molecule has 1 amide bonds. The molecule has 0 saturated carbocycles. The Balaban J connectivity index is 1.39. The van der Waals surface area contributed by atoms with Crippen LogP contribution >= 0.6 is 22.9 Å². The predicted octanol–water partition coefficient (Wildman–Crippen LogP) is 2.90. The van der Waals surface area contributed by atoms with Crippen LogP contribution in [0.15, 0.2) is 23.6 Å². The molecule has 2 aromatic rings. The van der Waals surface area contributed by atoms with Crippen molar-refractivity contribution in [3.05, 3.63) is 34.2 Å². The molecule has 1 spiro atoms. The molecule has 2 saturated heterocycles. The smallest absolute Gasteiger partial charge is 0.237 e. The molecule has 0 bridgehead atoms. The number of amides is 1. The standard InChI is InChI=1S/C18H22ClN3OS/c19-13-1-2-16-14(7-13)12(10-24-16)9-21-17(23)15-8-18(11-22-15)3-5-20-6-4-18/h1-2,7,10,15,20,22H,3-6,8-9,11H2,(H,21,23). The molecule has 0 radical (unpaired) electrons. The molecule has 1 unspecified atom stereocenters. The molecular weight excluding hydrogens is 342 g/mol. The number of halogens is 1. The number of piperidine rings is 1. The Morgan fingerprint density at radius 2 is 2.21 bits per heavy atom. The maximum absolute atomic E-state index is 12.6. The van der Waals surface area contributed by atoms with E-state index in [2.05, 4.69) is 21.3 Å². The summed E-state index contributed by atoms with van der Waals surface area (Å²) in [5, 5.41) is 13.9. The van der Waals surface area contributed by atoms with Crippen LogP contribution in [-0.2, 0) is 11.3 Å². The van der Waals surface area contributed by atoms with Crippen molar-refractivity contribution in [2.45, 2.75) is 31.8 Å². The number of hydrogen-bond donors (Lipinski definition) is 3. The van der Waals surface area contributed by atoms with E-state index in [-0.39, 0.29) is 11.9 Å². The van der Waals surface area contributed by atoms with Gasteiger partial charge >= 0.3 is 0 Å². The van der Waals surface area contributed by atoms with Gasteiger partial charge in [0.05, 0.1) is 6.04 Å². The molecule has 4 nitrogen and oxygen atoms in total. The zero-order valence-corrected chi connectivity index (χ0v) is 15.1. The molecule has 1 aromatic heterocycles. The molecule has 2 aliphatic heterocycles. The van der Waals surface area contributed by atoms with Crippen molar-refractivity contribution in [1.29, 1.82) is 0 Å². The van der Waals surface area contributed by atoms with Gasteiger partial charge in [0.15, 0.2) is 0 Å². The Labute approximate surface area is 151 Å². The van der Waals surface area contributed by atoms with Gasteiger partial charge in [-0.2, -0.15) is 0 Å². The quantitative estimate of drug-likeness (QED) is 0.786. The van der Waals surface area contributed by atoms with E-state index in [1.807, 2.05) is 18.2 Å². The first-order valence-electron chi connectivity index (χ1n) is 8.53. The average molecular weight is 364 g/mol. The largest absolute Gasteiger partial charge is 0.351 e. The predicted molar refractivity (Wildman–Crippen MR) is 99.6 cm³/mol. The van der Waals surface area contributed by atoms with Gasteiger partial charge in [0.1, 0.15) is 0 Å². The minimum atomic E-state index is -0.0587. The average Bonchev–Trinajstić information content (AvgIpc) is 3.18. The second-order valence-electron chi connectivity index (χ2n) is 7.01. The van der Waals surface area contributed by atoms with Crippen LogP contribution in [0.1, 0.15) is 24.8 Å². The van der Waals surface area contributed by atoms with Crippen molar-refractivity contribution in [2.24, 2.45) is 5.41 Å². The van der Waals surface area contributed by atoms with Crippen molar-refractivity contribution in [3.63, 3.8) is 0 Å². The fourth-order valence-electron chi connectivity index (χ4n) is 3.94. The Bertz CT molecular complexity index is 754. The zero-order chi connectivity index (χ0) is 16.6. The van der Waals surface area contributed by atoms with Crippen LogP contribution in [0, 0.1) is 5.41 Å². The third-order valence-corrected chi connectivity index (χ3v) is 6.66. The van der Waals surface area contributed by atoms with Gasteiger partial charge in [-0.1, -0.05) is 11.6 Å². The van der Waals surface area contributed by atoms with Gasteiger partial charge in [-0.05, 0) is 72.3 Å². The Hall–Kier alpha value is -1.14. The summed E-state index contributed by atoms with van der Waals surface area (Å²) in [6, 6.07) is 5.86. The number of fused-ring (bicyclic) bond motifs is 1. The highest BCUT2D eigenvalue weighted by Crippen LogP contribution is 2.37. The van der Waals surface area contributed by atoms with E-state index in [0.717, 1.165) is 54.9 Å². The summed E-state index contributed by atoms with van der Waals surface area (Å²) in [6.07, 6.45) is 3.28. The fraction of sp³-hybridized carbons (Fsp3) is 0.500. The van der Waals surface area contributed by atoms with Gasteiger partial charge in [-0.25, -0.2) is 0 Å². The number of rotatable bonds is 3. The molecule has 1 aromatic carbocycles. The Morgan fingerprint density at radius 1 is 1.38 bits per heavy atom. The van der Waals surface area contributed by atoms with Crippen molar-refractivity contribution in [2.75, 3.05) is 19.6 Å². The minimum absolute atomic E-state index is 0.0587. The fourth-order valence-corrected chi connectivity index (χ4v) is 5.05. The minimum Gasteiger partial charge on any atom is -0.351 e. The Morgan fingerprint density at radius 3 is 3.04 bits per heavy atom. The number of carbonyl (C=O) groups excluding carboxylic acids is 1. The molecule has 24 heavy (non-hydrogen) atoms. The first kappa shape index (κ1) is 16.3. The SMILES string of the molecule is O=C(NCc1csc2ccc(Cl)cc12)C1CC2(CCNCC2)CN1. The highest BCUT2D eigenvalue weighted by molar-refractivity contribution is 7.17. The topological polar surface area (TPSA) is 53.2 Å². The van der Waals surface area contributed by atoms with Gasteiger partial charge in [0.25, 0.3) is 0 Å². The first-order valence-corrected chi connectivity index (χ1v) is 9.78. The molecule has 3 heterocycles. The van der Waals surface area contributed by atoms with Crippen molar-refractivity contribution < 1.29 is 4.79 Å². The number of carbonyl (C=O) groups is 1.